The number of halogens is 2. The van der Waals surface area contributed by atoms with Crippen LogP contribution in [0.3, 0.4) is 0 Å². The largest absolute Gasteiger partial charge is 0.506 e. The van der Waals surface area contributed by atoms with Gasteiger partial charge in [0.25, 0.3) is 11.6 Å². The molecule has 2 aromatic carbocycles. The molecule has 2 N–H and O–H groups in total. The number of nitrogens with one attached hydrogen (secondary N) is 1. The number of nitro groups is 1. The molecule has 0 aromatic heterocycles. The number of benzene rings is 2. The van der Waals surface area contributed by atoms with Gasteiger partial charge in [-0.25, -0.2) is 4.39 Å². The van der Waals surface area contributed by atoms with Crippen LogP contribution in [0.25, 0.3) is 0 Å². The van der Waals surface area contributed by atoms with Gasteiger partial charge in [-0.1, -0.05) is 0 Å². The standard InChI is InChI=1S/C13H8BrFN2O4/c14-10-3-1-7(15)5-9(10)13(19)16-11-4-2-8(17(20)21)6-12(11)18/h1-6,18H,(H,16,19). The Bertz CT molecular complexity index is 736. The highest BCUT2D eigenvalue weighted by Gasteiger charge is 2.15. The fourth-order valence-corrected chi connectivity index (χ4v) is 2.03. The zero-order valence-corrected chi connectivity index (χ0v) is 11.9. The van der Waals surface area contributed by atoms with Gasteiger partial charge in [-0.2, -0.15) is 0 Å². The van der Waals surface area contributed by atoms with Gasteiger partial charge in [0.15, 0.2) is 0 Å². The fourth-order valence-electron chi connectivity index (χ4n) is 1.60. The third-order valence-corrected chi connectivity index (χ3v) is 3.30. The summed E-state index contributed by atoms with van der Waals surface area (Å²) < 4.78 is 13.5. The van der Waals surface area contributed by atoms with Crippen molar-refractivity contribution in [1.29, 1.82) is 0 Å². The normalized spacial score (nSPS) is 10.2. The van der Waals surface area contributed by atoms with Gasteiger partial charge in [0, 0.05) is 10.5 Å². The summed E-state index contributed by atoms with van der Waals surface area (Å²) in [6, 6.07) is 6.83. The summed E-state index contributed by atoms with van der Waals surface area (Å²) in [5.74, 6) is -1.70. The number of amides is 1. The van der Waals surface area contributed by atoms with E-state index in [-0.39, 0.29) is 16.9 Å². The van der Waals surface area contributed by atoms with E-state index in [1.807, 2.05) is 0 Å². The molecule has 6 nitrogen and oxygen atoms in total. The van der Waals surface area contributed by atoms with Crippen LogP contribution in [0, 0.1) is 15.9 Å². The number of nitrogens with zero attached hydrogens (tertiary/aromatic N) is 1. The van der Waals surface area contributed by atoms with E-state index >= 15 is 0 Å². The van der Waals surface area contributed by atoms with Crippen LogP contribution >= 0.6 is 15.9 Å². The van der Waals surface area contributed by atoms with E-state index < -0.39 is 22.4 Å². The highest BCUT2D eigenvalue weighted by Crippen LogP contribution is 2.29. The van der Waals surface area contributed by atoms with Crippen LogP contribution < -0.4 is 5.32 Å². The maximum absolute atomic E-state index is 13.1. The van der Waals surface area contributed by atoms with Crippen molar-refractivity contribution in [1.82, 2.24) is 0 Å². The molecule has 0 spiro atoms. The van der Waals surface area contributed by atoms with E-state index in [1.165, 1.54) is 18.2 Å². The van der Waals surface area contributed by atoms with Gasteiger partial charge in [-0.05, 0) is 40.2 Å². The molecule has 0 atom stereocenters. The smallest absolute Gasteiger partial charge is 0.273 e. The number of non-ortho nitro benzene ring substituents is 1. The highest BCUT2D eigenvalue weighted by molar-refractivity contribution is 9.10. The van der Waals surface area contributed by atoms with Crippen molar-refractivity contribution in [3.05, 3.63) is 62.4 Å². The number of phenols is 1. The Labute approximate surface area is 126 Å². The SMILES string of the molecule is O=C(Nc1ccc([N+](=O)[O-])cc1O)c1cc(F)ccc1Br. The minimum absolute atomic E-state index is 0.0123. The second-order valence-corrected chi connectivity index (χ2v) is 4.89. The molecule has 0 aliphatic carbocycles. The van der Waals surface area contributed by atoms with E-state index in [4.69, 9.17) is 0 Å². The Morgan fingerprint density at radius 1 is 1.29 bits per heavy atom. The molecule has 0 fully saturated rings. The highest BCUT2D eigenvalue weighted by atomic mass is 79.9. The summed E-state index contributed by atoms with van der Waals surface area (Å²) in [7, 11) is 0. The molecule has 0 saturated carbocycles. The average Bonchev–Trinajstić information content (AvgIpc) is 2.43. The van der Waals surface area contributed by atoms with Crippen LogP contribution in [0.1, 0.15) is 10.4 Å². The van der Waals surface area contributed by atoms with Gasteiger partial charge in [-0.15, -0.1) is 0 Å². The second kappa shape index (κ2) is 5.88. The molecule has 0 bridgehead atoms. The van der Waals surface area contributed by atoms with E-state index in [1.54, 1.807) is 0 Å². The molecule has 0 heterocycles. The van der Waals surface area contributed by atoms with E-state index in [0.29, 0.717) is 4.47 Å². The second-order valence-electron chi connectivity index (χ2n) is 4.04. The molecular formula is C13H8BrFN2O4. The summed E-state index contributed by atoms with van der Waals surface area (Å²) in [6.45, 7) is 0. The molecule has 0 radical (unpaired) electrons. The lowest BCUT2D eigenvalue weighted by Gasteiger charge is -2.08. The van der Waals surface area contributed by atoms with Crippen molar-refractivity contribution >= 4 is 33.2 Å². The van der Waals surface area contributed by atoms with Crippen molar-refractivity contribution < 1.29 is 19.2 Å². The van der Waals surface area contributed by atoms with Gasteiger partial charge in [0.05, 0.1) is 22.2 Å². The Hall–Kier alpha value is -2.48. The Kier molecular flexibility index (Phi) is 4.18. The van der Waals surface area contributed by atoms with Crippen LogP contribution in [0.2, 0.25) is 0 Å². The lowest BCUT2D eigenvalue weighted by atomic mass is 10.2. The summed E-state index contributed by atoms with van der Waals surface area (Å²) in [4.78, 5) is 21.9. The molecule has 2 rings (SSSR count). The minimum atomic E-state index is -0.672. The quantitative estimate of drug-likeness (QED) is 0.501. The van der Waals surface area contributed by atoms with Crippen molar-refractivity contribution in [3.8, 4) is 5.75 Å². The van der Waals surface area contributed by atoms with Crippen molar-refractivity contribution in [2.24, 2.45) is 0 Å². The van der Waals surface area contributed by atoms with Gasteiger partial charge in [0.1, 0.15) is 11.6 Å². The van der Waals surface area contributed by atoms with Gasteiger partial charge < -0.3 is 10.4 Å². The first kappa shape index (κ1) is 14.9. The average molecular weight is 355 g/mol. The van der Waals surface area contributed by atoms with E-state index in [2.05, 4.69) is 21.2 Å². The number of hydrogen-bond donors (Lipinski definition) is 2. The number of anilines is 1. The summed E-state index contributed by atoms with van der Waals surface area (Å²) in [5.41, 5.74) is -0.285. The molecule has 21 heavy (non-hydrogen) atoms. The number of carbonyl (C=O) groups is 1. The van der Waals surface area contributed by atoms with Gasteiger partial charge in [-0.3, -0.25) is 14.9 Å². The number of carbonyl (C=O) groups excluding carboxylic acids is 1. The molecule has 8 heteroatoms. The van der Waals surface area contributed by atoms with Crippen molar-refractivity contribution in [3.63, 3.8) is 0 Å². The zero-order chi connectivity index (χ0) is 15.6. The maximum Gasteiger partial charge on any atom is 0.273 e. The van der Waals surface area contributed by atoms with Crippen molar-refractivity contribution in [2.45, 2.75) is 0 Å². The summed E-state index contributed by atoms with van der Waals surface area (Å²) in [6.07, 6.45) is 0. The third-order valence-electron chi connectivity index (χ3n) is 2.61. The predicted molar refractivity (Wildman–Crippen MR) is 76.8 cm³/mol. The summed E-state index contributed by atoms with van der Waals surface area (Å²) >= 11 is 3.11. The molecule has 1 amide bonds. The van der Waals surface area contributed by atoms with Gasteiger partial charge in [0.2, 0.25) is 0 Å². The predicted octanol–water partition coefficient (Wildman–Crippen LogP) is 3.45. The Balaban J connectivity index is 2.27. The number of rotatable bonds is 3. The summed E-state index contributed by atoms with van der Waals surface area (Å²) in [5, 5.41) is 22.6. The molecule has 0 saturated heterocycles. The van der Waals surface area contributed by atoms with Crippen LogP contribution in [0.5, 0.6) is 5.75 Å². The Morgan fingerprint density at radius 3 is 2.62 bits per heavy atom. The lowest BCUT2D eigenvalue weighted by molar-refractivity contribution is -0.384. The van der Waals surface area contributed by atoms with Crippen LogP contribution in [-0.2, 0) is 0 Å². The van der Waals surface area contributed by atoms with Crippen molar-refractivity contribution in [2.75, 3.05) is 5.32 Å². The first-order chi connectivity index (χ1) is 9.88. The van der Waals surface area contributed by atoms with Crippen LogP contribution in [0.4, 0.5) is 15.8 Å². The molecule has 2 aromatic rings. The number of aromatic hydroxyl groups is 1. The Morgan fingerprint density at radius 2 is 2.00 bits per heavy atom. The molecule has 0 aliphatic heterocycles. The first-order valence-electron chi connectivity index (χ1n) is 5.62. The van der Waals surface area contributed by atoms with Crippen LogP contribution in [0.15, 0.2) is 40.9 Å². The van der Waals surface area contributed by atoms with Crippen LogP contribution in [-0.4, -0.2) is 15.9 Å². The maximum atomic E-state index is 13.1. The van der Waals surface area contributed by atoms with E-state index in [0.717, 1.165) is 18.2 Å². The molecule has 0 aliphatic rings. The number of phenolic OH excluding ortho intramolecular Hbond substituents is 1. The zero-order valence-electron chi connectivity index (χ0n) is 10.3. The molecular weight excluding hydrogens is 347 g/mol. The topological polar surface area (TPSA) is 92.5 Å². The number of hydrogen-bond acceptors (Lipinski definition) is 4. The van der Waals surface area contributed by atoms with E-state index in [9.17, 15) is 24.4 Å². The third kappa shape index (κ3) is 3.34. The minimum Gasteiger partial charge on any atom is -0.506 e. The monoisotopic (exact) mass is 354 g/mol. The fraction of sp³-hybridized carbons (Fsp3) is 0. The lowest BCUT2D eigenvalue weighted by Crippen LogP contribution is -2.13. The van der Waals surface area contributed by atoms with Gasteiger partial charge >= 0.3 is 0 Å². The molecule has 0 unspecified atom stereocenters. The number of nitro benzene ring substituents is 1. The molecule has 108 valence electrons. The first-order valence-corrected chi connectivity index (χ1v) is 6.41.